The second-order valence-corrected chi connectivity index (χ2v) is 4.17. The Balaban J connectivity index is 2.71. The maximum Gasteiger partial charge on any atom is 0.253 e. The number of hydrogen-bond acceptors (Lipinski definition) is 3. The zero-order chi connectivity index (χ0) is 12.8. The number of nitrogens with zero attached hydrogens (tertiary/aromatic N) is 1. The number of aromatic hydroxyl groups is 1. The van der Waals surface area contributed by atoms with E-state index in [4.69, 9.17) is 23.1 Å². The largest absolute Gasteiger partial charge is 0.508 e. The second kappa shape index (κ2) is 6.20. The molecule has 5 heteroatoms. The molecule has 0 aromatic heterocycles. The lowest BCUT2D eigenvalue weighted by Crippen LogP contribution is -2.33. The molecular formula is C12H16N2O2S. The van der Waals surface area contributed by atoms with E-state index in [1.54, 1.807) is 17.0 Å². The van der Waals surface area contributed by atoms with Crippen molar-refractivity contribution in [3.05, 3.63) is 29.8 Å². The third-order valence-corrected chi connectivity index (χ3v) is 2.62. The minimum Gasteiger partial charge on any atom is -0.508 e. The van der Waals surface area contributed by atoms with Crippen LogP contribution in [0.4, 0.5) is 0 Å². The lowest BCUT2D eigenvalue weighted by molar-refractivity contribution is 0.0769. The molecule has 0 saturated carbocycles. The molecule has 0 bridgehead atoms. The molecule has 0 aliphatic rings. The lowest BCUT2D eigenvalue weighted by Gasteiger charge is -2.20. The molecule has 1 aromatic carbocycles. The first-order valence-corrected chi connectivity index (χ1v) is 5.82. The predicted octanol–water partition coefficient (Wildman–Crippen LogP) is 1.53. The number of hydrogen-bond donors (Lipinski definition) is 2. The van der Waals surface area contributed by atoms with E-state index in [2.05, 4.69) is 0 Å². The first kappa shape index (κ1) is 13.4. The average Bonchev–Trinajstić information content (AvgIpc) is 2.30. The van der Waals surface area contributed by atoms with Gasteiger partial charge in [0.1, 0.15) is 5.75 Å². The Hall–Kier alpha value is -1.62. The van der Waals surface area contributed by atoms with Gasteiger partial charge in [0, 0.05) is 25.1 Å². The summed E-state index contributed by atoms with van der Waals surface area (Å²) < 4.78 is 0. The standard InChI is InChI=1S/C12H16N2O2S/c1-2-14(8-7-11(13)17)12(16)9-3-5-10(15)6-4-9/h3-6,15H,2,7-8H2,1H3,(H2,13,17). The molecule has 92 valence electrons. The van der Waals surface area contributed by atoms with E-state index in [9.17, 15) is 4.79 Å². The Bertz CT molecular complexity index is 403. The Morgan fingerprint density at radius 1 is 1.41 bits per heavy atom. The summed E-state index contributed by atoms with van der Waals surface area (Å²) in [5.74, 6) is 0.0662. The number of thiocarbonyl (C=S) groups is 1. The number of rotatable bonds is 5. The Morgan fingerprint density at radius 3 is 2.47 bits per heavy atom. The first-order valence-electron chi connectivity index (χ1n) is 5.41. The molecule has 1 amide bonds. The van der Waals surface area contributed by atoms with Crippen molar-refractivity contribution in [1.29, 1.82) is 0 Å². The minimum absolute atomic E-state index is 0.0799. The zero-order valence-corrected chi connectivity index (χ0v) is 10.5. The van der Waals surface area contributed by atoms with E-state index in [0.717, 1.165) is 0 Å². The summed E-state index contributed by atoms with van der Waals surface area (Å²) >= 11 is 4.79. The second-order valence-electron chi connectivity index (χ2n) is 3.65. The number of carbonyl (C=O) groups is 1. The van der Waals surface area contributed by atoms with Gasteiger partial charge in [-0.15, -0.1) is 0 Å². The first-order chi connectivity index (χ1) is 8.04. The molecule has 0 spiro atoms. The van der Waals surface area contributed by atoms with Crippen LogP contribution < -0.4 is 5.73 Å². The third-order valence-electron chi connectivity index (χ3n) is 2.41. The van der Waals surface area contributed by atoms with Gasteiger partial charge in [-0.2, -0.15) is 0 Å². The van der Waals surface area contributed by atoms with Gasteiger partial charge in [0.25, 0.3) is 5.91 Å². The number of benzene rings is 1. The summed E-state index contributed by atoms with van der Waals surface area (Å²) in [6.07, 6.45) is 0.521. The highest BCUT2D eigenvalue weighted by Crippen LogP contribution is 2.12. The van der Waals surface area contributed by atoms with E-state index in [0.29, 0.717) is 30.1 Å². The van der Waals surface area contributed by atoms with Gasteiger partial charge in [0.15, 0.2) is 0 Å². The van der Waals surface area contributed by atoms with Gasteiger partial charge in [-0.3, -0.25) is 4.79 Å². The summed E-state index contributed by atoms with van der Waals surface area (Å²) in [4.78, 5) is 14.1. The smallest absolute Gasteiger partial charge is 0.253 e. The highest BCUT2D eigenvalue weighted by Gasteiger charge is 2.13. The molecule has 17 heavy (non-hydrogen) atoms. The fourth-order valence-corrected chi connectivity index (χ4v) is 1.53. The molecule has 0 radical (unpaired) electrons. The van der Waals surface area contributed by atoms with Crippen molar-refractivity contribution >= 4 is 23.1 Å². The quantitative estimate of drug-likeness (QED) is 0.780. The molecule has 0 fully saturated rings. The van der Waals surface area contributed by atoms with Crippen LogP contribution >= 0.6 is 12.2 Å². The number of nitrogens with two attached hydrogens (primary N) is 1. The molecule has 0 heterocycles. The van der Waals surface area contributed by atoms with E-state index in [-0.39, 0.29) is 11.7 Å². The summed E-state index contributed by atoms with van der Waals surface area (Å²) in [5.41, 5.74) is 5.96. The molecule has 0 saturated heterocycles. The number of carbonyl (C=O) groups excluding carboxylic acids is 1. The van der Waals surface area contributed by atoms with Gasteiger partial charge < -0.3 is 15.7 Å². The van der Waals surface area contributed by atoms with Gasteiger partial charge in [-0.1, -0.05) is 12.2 Å². The minimum atomic E-state index is -0.0799. The van der Waals surface area contributed by atoms with Crippen LogP contribution in [0.25, 0.3) is 0 Å². The van der Waals surface area contributed by atoms with Crippen LogP contribution in [0.3, 0.4) is 0 Å². The maximum atomic E-state index is 12.1. The SMILES string of the molecule is CCN(CCC(N)=S)C(=O)c1ccc(O)cc1. The van der Waals surface area contributed by atoms with Crippen LogP contribution in [0, 0.1) is 0 Å². The van der Waals surface area contributed by atoms with Crippen molar-refractivity contribution in [3.63, 3.8) is 0 Å². The summed E-state index contributed by atoms with van der Waals surface area (Å²) in [7, 11) is 0. The summed E-state index contributed by atoms with van der Waals surface area (Å²) in [5, 5.41) is 9.15. The van der Waals surface area contributed by atoms with Crippen molar-refractivity contribution in [3.8, 4) is 5.75 Å². The highest BCUT2D eigenvalue weighted by atomic mass is 32.1. The molecule has 0 unspecified atom stereocenters. The van der Waals surface area contributed by atoms with Crippen molar-refractivity contribution in [2.24, 2.45) is 5.73 Å². The van der Waals surface area contributed by atoms with Crippen molar-refractivity contribution in [2.75, 3.05) is 13.1 Å². The van der Waals surface area contributed by atoms with E-state index < -0.39 is 0 Å². The van der Waals surface area contributed by atoms with E-state index in [1.165, 1.54) is 12.1 Å². The third kappa shape index (κ3) is 4.03. The van der Waals surface area contributed by atoms with Crippen molar-refractivity contribution in [1.82, 2.24) is 4.90 Å². The van der Waals surface area contributed by atoms with Crippen LogP contribution in [-0.2, 0) is 0 Å². The molecule has 3 N–H and O–H groups in total. The predicted molar refractivity (Wildman–Crippen MR) is 71.1 cm³/mol. The Morgan fingerprint density at radius 2 is 2.00 bits per heavy atom. The van der Waals surface area contributed by atoms with Crippen molar-refractivity contribution < 1.29 is 9.90 Å². The van der Waals surface area contributed by atoms with Crippen molar-refractivity contribution in [2.45, 2.75) is 13.3 Å². The normalized spacial score (nSPS) is 9.94. The van der Waals surface area contributed by atoms with Gasteiger partial charge >= 0.3 is 0 Å². The number of phenolic OH excluding ortho intramolecular Hbond substituents is 1. The van der Waals surface area contributed by atoms with E-state index in [1.807, 2.05) is 6.92 Å². The lowest BCUT2D eigenvalue weighted by atomic mass is 10.2. The summed E-state index contributed by atoms with van der Waals surface area (Å²) in [6, 6.07) is 6.19. The van der Waals surface area contributed by atoms with Crippen LogP contribution in [0.2, 0.25) is 0 Å². The molecule has 4 nitrogen and oxygen atoms in total. The monoisotopic (exact) mass is 252 g/mol. The fourth-order valence-electron chi connectivity index (χ4n) is 1.43. The molecule has 1 aromatic rings. The molecule has 0 aliphatic heterocycles. The average molecular weight is 252 g/mol. The molecule has 0 aliphatic carbocycles. The Labute approximate surface area is 106 Å². The van der Waals surface area contributed by atoms with Gasteiger partial charge in [0.2, 0.25) is 0 Å². The van der Waals surface area contributed by atoms with Gasteiger partial charge in [0.05, 0.1) is 4.99 Å². The highest BCUT2D eigenvalue weighted by molar-refractivity contribution is 7.80. The van der Waals surface area contributed by atoms with Gasteiger partial charge in [-0.25, -0.2) is 0 Å². The summed E-state index contributed by atoms with van der Waals surface area (Å²) in [6.45, 7) is 3.02. The fraction of sp³-hybridized carbons (Fsp3) is 0.333. The number of phenols is 1. The topological polar surface area (TPSA) is 66.6 Å². The zero-order valence-electron chi connectivity index (χ0n) is 9.72. The number of amides is 1. The molecule has 0 atom stereocenters. The molecular weight excluding hydrogens is 236 g/mol. The maximum absolute atomic E-state index is 12.1. The van der Waals surface area contributed by atoms with Crippen LogP contribution in [0.5, 0.6) is 5.75 Å². The Kier molecular flexibility index (Phi) is 4.90. The van der Waals surface area contributed by atoms with Crippen LogP contribution in [0.1, 0.15) is 23.7 Å². The molecule has 1 rings (SSSR count). The van der Waals surface area contributed by atoms with Crippen LogP contribution in [-0.4, -0.2) is 34.0 Å². The van der Waals surface area contributed by atoms with E-state index >= 15 is 0 Å². The van der Waals surface area contributed by atoms with Gasteiger partial charge in [-0.05, 0) is 31.2 Å². The van der Waals surface area contributed by atoms with Crippen LogP contribution in [0.15, 0.2) is 24.3 Å².